The lowest BCUT2D eigenvalue weighted by Crippen LogP contribution is -2.52. The fourth-order valence-corrected chi connectivity index (χ4v) is 4.27. The molecule has 2 amide bonds. The third-order valence-electron chi connectivity index (χ3n) is 5.88. The fraction of sp³-hybridized carbons (Fsp3) is 0.480. The number of hydrogen-bond acceptors (Lipinski definition) is 8. The van der Waals surface area contributed by atoms with E-state index in [2.05, 4.69) is 15.2 Å². The molecule has 9 nitrogen and oxygen atoms in total. The number of benzene rings is 1. The van der Waals surface area contributed by atoms with Crippen LogP contribution in [0.25, 0.3) is 0 Å². The Morgan fingerprint density at radius 2 is 1.97 bits per heavy atom. The van der Waals surface area contributed by atoms with Crippen LogP contribution in [-0.4, -0.2) is 64.0 Å². The summed E-state index contributed by atoms with van der Waals surface area (Å²) in [6.45, 7) is 10.5. The van der Waals surface area contributed by atoms with E-state index in [1.54, 1.807) is 52.9 Å². The number of aromatic nitrogens is 1. The van der Waals surface area contributed by atoms with Crippen molar-refractivity contribution >= 4 is 40.8 Å². The third kappa shape index (κ3) is 5.52. The molecule has 2 aliphatic heterocycles. The van der Waals surface area contributed by atoms with Crippen LogP contribution in [0.3, 0.4) is 0 Å². The van der Waals surface area contributed by atoms with Crippen LogP contribution in [0, 0.1) is 0 Å². The van der Waals surface area contributed by atoms with Gasteiger partial charge in [-0.1, -0.05) is 11.6 Å². The maximum atomic E-state index is 13.1. The van der Waals surface area contributed by atoms with E-state index < -0.39 is 23.2 Å². The number of nitrogens with one attached hydrogen (secondary N) is 1. The largest absolute Gasteiger partial charge is 0.443 e. The molecule has 2 aromatic rings. The Bertz CT molecular complexity index is 1120. The summed E-state index contributed by atoms with van der Waals surface area (Å²) in [7, 11) is 0. The van der Waals surface area contributed by atoms with Crippen molar-refractivity contribution in [3.8, 4) is 0 Å². The molecular weight excluding hydrogens is 472 g/mol. The Balaban J connectivity index is 1.51. The highest BCUT2D eigenvalue weighted by Crippen LogP contribution is 2.36. The SMILES string of the molecule is CC(C)(C)OC(=O)N1Cc2c(Cl)ccc(Nc3ccc(N4CCOC(C(C)(C)O)C4)cn3)c2C1=O. The van der Waals surface area contributed by atoms with Gasteiger partial charge in [-0.05, 0) is 58.9 Å². The minimum atomic E-state index is -0.942. The van der Waals surface area contributed by atoms with Crippen molar-refractivity contribution in [2.75, 3.05) is 29.9 Å². The van der Waals surface area contributed by atoms with Gasteiger partial charge < -0.3 is 24.8 Å². The summed E-state index contributed by atoms with van der Waals surface area (Å²) in [6.07, 6.45) is 0.725. The first kappa shape index (κ1) is 25.2. The second-order valence-electron chi connectivity index (χ2n) is 10.3. The molecule has 0 bridgehead atoms. The average molecular weight is 503 g/mol. The molecule has 0 spiro atoms. The van der Waals surface area contributed by atoms with E-state index in [0.717, 1.165) is 10.6 Å². The van der Waals surface area contributed by atoms with E-state index in [1.807, 2.05) is 12.1 Å². The zero-order chi connectivity index (χ0) is 25.5. The van der Waals surface area contributed by atoms with Crippen LogP contribution in [0.2, 0.25) is 5.02 Å². The van der Waals surface area contributed by atoms with Gasteiger partial charge in [-0.2, -0.15) is 0 Å². The van der Waals surface area contributed by atoms with Crippen molar-refractivity contribution in [3.63, 3.8) is 0 Å². The lowest BCUT2D eigenvalue weighted by molar-refractivity contribution is -0.0928. The number of nitrogens with zero attached hydrogens (tertiary/aromatic N) is 3. The number of ether oxygens (including phenoxy) is 2. The number of carbonyl (C=O) groups is 2. The molecule has 0 saturated carbocycles. The molecule has 1 fully saturated rings. The number of amides is 2. The third-order valence-corrected chi connectivity index (χ3v) is 6.23. The van der Waals surface area contributed by atoms with Gasteiger partial charge in [0.25, 0.3) is 5.91 Å². The molecular formula is C25H31ClN4O5. The van der Waals surface area contributed by atoms with Gasteiger partial charge in [0.05, 0.1) is 41.9 Å². The van der Waals surface area contributed by atoms with Gasteiger partial charge in [-0.3, -0.25) is 4.79 Å². The van der Waals surface area contributed by atoms with Gasteiger partial charge in [0.2, 0.25) is 0 Å². The average Bonchev–Trinajstić information content (AvgIpc) is 3.13. The van der Waals surface area contributed by atoms with Crippen molar-refractivity contribution in [1.82, 2.24) is 9.88 Å². The highest BCUT2D eigenvalue weighted by Gasteiger charge is 2.38. The summed E-state index contributed by atoms with van der Waals surface area (Å²) >= 11 is 6.36. The van der Waals surface area contributed by atoms with Crippen molar-refractivity contribution in [1.29, 1.82) is 0 Å². The van der Waals surface area contributed by atoms with Crippen LogP contribution in [0.1, 0.15) is 50.5 Å². The van der Waals surface area contributed by atoms with E-state index in [0.29, 0.717) is 47.4 Å². The molecule has 4 rings (SSSR count). The molecule has 0 radical (unpaired) electrons. The van der Waals surface area contributed by atoms with E-state index in [1.165, 1.54) is 0 Å². The molecule has 1 unspecified atom stereocenters. The monoisotopic (exact) mass is 502 g/mol. The number of aliphatic hydroxyl groups is 1. The lowest BCUT2D eigenvalue weighted by atomic mass is 10.00. The Hall–Kier alpha value is -2.88. The Morgan fingerprint density at radius 1 is 1.23 bits per heavy atom. The first-order valence-corrected chi connectivity index (χ1v) is 11.9. The topological polar surface area (TPSA) is 104 Å². The molecule has 2 N–H and O–H groups in total. The number of rotatable bonds is 4. The molecule has 35 heavy (non-hydrogen) atoms. The van der Waals surface area contributed by atoms with Crippen molar-refractivity contribution in [2.24, 2.45) is 0 Å². The van der Waals surface area contributed by atoms with Crippen LogP contribution in [-0.2, 0) is 16.0 Å². The summed E-state index contributed by atoms with van der Waals surface area (Å²) in [5.41, 5.74) is 0.639. The number of halogens is 1. The fourth-order valence-electron chi connectivity index (χ4n) is 4.05. The summed E-state index contributed by atoms with van der Waals surface area (Å²) in [6, 6.07) is 7.12. The molecule has 1 atom stereocenters. The molecule has 0 aliphatic carbocycles. The second-order valence-corrected chi connectivity index (χ2v) is 10.7. The summed E-state index contributed by atoms with van der Waals surface area (Å²) in [4.78, 5) is 33.4. The molecule has 3 heterocycles. The predicted octanol–water partition coefficient (Wildman–Crippen LogP) is 4.35. The quantitative estimate of drug-likeness (QED) is 0.636. The van der Waals surface area contributed by atoms with Gasteiger partial charge in [0.1, 0.15) is 17.5 Å². The van der Waals surface area contributed by atoms with Crippen LogP contribution >= 0.6 is 11.6 Å². The van der Waals surface area contributed by atoms with Crippen LogP contribution in [0.4, 0.5) is 22.0 Å². The van der Waals surface area contributed by atoms with Crippen LogP contribution in [0.15, 0.2) is 30.5 Å². The number of anilines is 3. The zero-order valence-corrected chi connectivity index (χ0v) is 21.3. The highest BCUT2D eigenvalue weighted by atomic mass is 35.5. The van der Waals surface area contributed by atoms with E-state index >= 15 is 0 Å². The summed E-state index contributed by atoms with van der Waals surface area (Å²) in [5, 5.41) is 13.9. The van der Waals surface area contributed by atoms with Gasteiger partial charge >= 0.3 is 6.09 Å². The smallest absolute Gasteiger partial charge is 0.417 e. The van der Waals surface area contributed by atoms with Crippen molar-refractivity contribution in [3.05, 3.63) is 46.6 Å². The van der Waals surface area contributed by atoms with E-state index in [9.17, 15) is 14.7 Å². The normalized spacial score (nSPS) is 18.5. The molecule has 1 aromatic carbocycles. The molecule has 2 aliphatic rings. The Morgan fingerprint density at radius 3 is 2.60 bits per heavy atom. The van der Waals surface area contributed by atoms with Crippen molar-refractivity contribution < 1.29 is 24.2 Å². The second kappa shape index (κ2) is 9.29. The zero-order valence-electron chi connectivity index (χ0n) is 20.6. The van der Waals surface area contributed by atoms with Crippen LogP contribution in [0.5, 0.6) is 0 Å². The minimum Gasteiger partial charge on any atom is -0.443 e. The first-order valence-electron chi connectivity index (χ1n) is 11.5. The first-order chi connectivity index (χ1) is 16.3. The summed E-state index contributed by atoms with van der Waals surface area (Å²) < 4.78 is 11.1. The Kier molecular flexibility index (Phi) is 6.70. The van der Waals surface area contributed by atoms with Gasteiger partial charge in [0, 0.05) is 23.7 Å². The van der Waals surface area contributed by atoms with Crippen molar-refractivity contribution in [2.45, 2.75) is 58.5 Å². The number of morpholine rings is 1. The van der Waals surface area contributed by atoms with E-state index in [-0.39, 0.29) is 12.6 Å². The molecule has 10 heteroatoms. The molecule has 1 saturated heterocycles. The van der Waals surface area contributed by atoms with Gasteiger partial charge in [-0.25, -0.2) is 14.7 Å². The number of imide groups is 1. The number of pyridine rings is 1. The van der Waals surface area contributed by atoms with E-state index in [4.69, 9.17) is 21.1 Å². The molecule has 1 aromatic heterocycles. The van der Waals surface area contributed by atoms with Gasteiger partial charge in [0.15, 0.2) is 0 Å². The Labute approximate surface area is 210 Å². The minimum absolute atomic E-state index is 0.0448. The number of fused-ring (bicyclic) bond motifs is 1. The maximum absolute atomic E-state index is 13.1. The predicted molar refractivity (Wildman–Crippen MR) is 133 cm³/mol. The highest BCUT2D eigenvalue weighted by molar-refractivity contribution is 6.32. The summed E-state index contributed by atoms with van der Waals surface area (Å²) in [5.74, 6) is 0.0657. The van der Waals surface area contributed by atoms with Crippen LogP contribution < -0.4 is 10.2 Å². The number of hydrogen-bond donors (Lipinski definition) is 2. The lowest BCUT2D eigenvalue weighted by Gasteiger charge is -2.39. The standard InChI is InChI=1S/C25H31ClN4O5/c1-24(2,3)35-23(32)30-13-16-17(26)7-8-18(21(16)22(30)31)28-20-9-6-15(12-27-20)29-10-11-34-19(14-29)25(4,5)33/h6-9,12,19,33H,10-11,13-14H2,1-5H3,(H,27,28). The van der Waals surface area contributed by atoms with Gasteiger partial charge in [-0.15, -0.1) is 0 Å². The number of carbonyl (C=O) groups excluding carboxylic acids is 2. The maximum Gasteiger partial charge on any atom is 0.417 e. The molecule has 188 valence electrons.